The van der Waals surface area contributed by atoms with Crippen molar-refractivity contribution >= 4 is 76.8 Å². The minimum absolute atomic E-state index is 0.0179. The van der Waals surface area contributed by atoms with Crippen molar-refractivity contribution in [3.63, 3.8) is 0 Å². The van der Waals surface area contributed by atoms with E-state index in [0.717, 1.165) is 85.0 Å². The Morgan fingerprint density at radius 2 is 0.864 bits per heavy atom. The monoisotopic (exact) mass is 1260 g/mol. The fraction of sp³-hybridized carbons (Fsp3) is 0.772. The van der Waals surface area contributed by atoms with Gasteiger partial charge in [0.1, 0.15) is 54.4 Å². The number of hydrogen-bond donors (Lipinski definition) is 18. The Morgan fingerprint density at radius 3 is 1.39 bits per heavy atom. The minimum Gasteiger partial charge on any atom is -0.393 e. The van der Waals surface area contributed by atoms with E-state index in [1.54, 1.807) is 0 Å². The lowest BCUT2D eigenvalue weighted by molar-refractivity contribution is -0.139. The molecule has 7 unspecified atom stereocenters. The quantitative estimate of drug-likeness (QED) is 0.0293. The summed E-state index contributed by atoms with van der Waals surface area (Å²) in [5, 5.41) is 76.2. The molecule has 1 rings (SSSR count). The fourth-order valence-electron chi connectivity index (χ4n) is 9.34. The van der Waals surface area contributed by atoms with E-state index in [1.807, 2.05) is 6.92 Å². The Kier molecular flexibility index (Phi) is 39.0. The van der Waals surface area contributed by atoms with Crippen LogP contribution in [0.1, 0.15) is 189 Å². The van der Waals surface area contributed by atoms with Crippen molar-refractivity contribution in [2.24, 2.45) is 17.2 Å². The number of carbonyl (C=O) groups excluding carboxylic acids is 13. The number of carbonyl (C=O) groups is 13. The lowest BCUT2D eigenvalue weighted by Gasteiger charge is -2.29. The van der Waals surface area contributed by atoms with Gasteiger partial charge in [0.05, 0.1) is 43.8 Å². The molecule has 1 saturated heterocycles. The van der Waals surface area contributed by atoms with Crippen molar-refractivity contribution in [2.45, 2.75) is 268 Å². The second-order valence-corrected chi connectivity index (χ2v) is 22.6. The summed E-state index contributed by atoms with van der Waals surface area (Å²) in [7, 11) is 0. The summed E-state index contributed by atoms with van der Waals surface area (Å²) in [6.07, 6.45) is 2.74. The highest BCUT2D eigenvalue weighted by Gasteiger charge is 2.38. The van der Waals surface area contributed by atoms with Crippen molar-refractivity contribution < 1.29 is 87.9 Å². The maximum Gasteiger partial charge on any atom is 0.246 e. The minimum atomic E-state index is -2.15. The van der Waals surface area contributed by atoms with E-state index in [-0.39, 0.29) is 25.8 Å². The summed E-state index contributed by atoms with van der Waals surface area (Å²) >= 11 is 0. The number of amides is 13. The Labute approximate surface area is 514 Å². The van der Waals surface area contributed by atoms with E-state index in [2.05, 4.69) is 60.1 Å². The van der Waals surface area contributed by atoms with Gasteiger partial charge in [-0.15, -0.1) is 0 Å². The second kappa shape index (κ2) is 43.5. The molecule has 502 valence electrons. The van der Waals surface area contributed by atoms with Crippen molar-refractivity contribution in [1.29, 1.82) is 0 Å². The molecular weight excluding hydrogens is 1150 g/mol. The molecule has 1 aliphatic rings. The van der Waals surface area contributed by atoms with E-state index in [9.17, 15) is 87.9 Å². The maximum absolute atomic E-state index is 14.0. The number of aliphatic hydroxyl groups is 5. The van der Waals surface area contributed by atoms with Crippen LogP contribution in [0, 0.1) is 0 Å². The zero-order valence-electron chi connectivity index (χ0n) is 51.7. The van der Waals surface area contributed by atoms with Gasteiger partial charge in [-0.05, 0) is 59.3 Å². The zero-order valence-corrected chi connectivity index (χ0v) is 51.7. The Bertz CT molecular complexity index is 2280. The third-order valence-electron chi connectivity index (χ3n) is 14.6. The van der Waals surface area contributed by atoms with E-state index in [0.29, 0.717) is 44.9 Å². The number of primary amides is 3. The normalized spacial score (nSPS) is 24.1. The molecule has 13 amide bonds. The molecule has 0 bridgehead atoms. The van der Waals surface area contributed by atoms with Crippen LogP contribution in [0.15, 0.2) is 0 Å². The third-order valence-corrected chi connectivity index (χ3v) is 14.6. The molecule has 31 nitrogen and oxygen atoms in total. The molecule has 13 atom stereocenters. The van der Waals surface area contributed by atoms with Gasteiger partial charge in [-0.3, -0.25) is 62.3 Å². The van der Waals surface area contributed by atoms with Crippen LogP contribution in [0.5, 0.6) is 0 Å². The number of hydrogen-bond acceptors (Lipinski definition) is 18. The van der Waals surface area contributed by atoms with Gasteiger partial charge in [-0.25, -0.2) is 0 Å². The molecule has 0 aliphatic carbocycles. The standard InChI is InChI=1S/C57H101N13O18/c1-6-8-10-11-12-14-18-22-36(74)24-25-38-51(82)62-31-46(79)61-27-26-45(78)64-37(23-19-16-13-15-17-21-35(73)20-9-7-2)52(83)67-41(30-44(59)77)54(85)68-40(29-43(58)76)53(84)63-32(3)50(81)66-39(28-42(75)49(60)80)55(86)69-48(34(5)72)57(88)70-47(33(4)71)56(87)65-38/h32-42,47-48,71-75H,6-31H2,1-5H3,(H2,58,76)(H2,59,77)(H2,60,80)(H,61,79)(H,62,82)(H,63,84)(H,64,78)(H,65,87)(H,66,81)(H,67,83)(H,68,85)(H,69,86)(H,70,88)/t32-,33-,34-,35?,36?,37?,38?,39?,40+,41?,42?,47+,48-/m1/s1. The Morgan fingerprint density at radius 1 is 0.443 bits per heavy atom. The lowest BCUT2D eigenvalue weighted by Crippen LogP contribution is -2.63. The second-order valence-electron chi connectivity index (χ2n) is 22.6. The fourth-order valence-corrected chi connectivity index (χ4v) is 9.34. The molecule has 0 saturated carbocycles. The van der Waals surface area contributed by atoms with Crippen LogP contribution in [0.4, 0.5) is 0 Å². The smallest absolute Gasteiger partial charge is 0.246 e. The van der Waals surface area contributed by atoms with Crippen LogP contribution in [-0.2, 0) is 62.3 Å². The lowest BCUT2D eigenvalue weighted by atomic mass is 10.0. The number of rotatable bonds is 31. The van der Waals surface area contributed by atoms with E-state index < -0.39 is 188 Å². The molecule has 0 aromatic heterocycles. The van der Waals surface area contributed by atoms with E-state index in [4.69, 9.17) is 17.2 Å². The van der Waals surface area contributed by atoms with Gasteiger partial charge < -0.3 is 95.9 Å². The average molecular weight is 1260 g/mol. The SMILES string of the molecule is CCCCCCCCCC(O)CCC1NC(=O)[C@H]([C@@H](C)O)NC(=O)[C@@H]([C@@H](C)O)NC(=O)C(CC(O)C(N)=O)NC(=O)[C@@H](C)NC(=O)[C@H](CC(N)=O)NC(=O)C(CC(N)=O)NC(=O)C(CCCCCCCC(O)CCCC)NC(=O)CCNC(=O)CNC1=O. The van der Waals surface area contributed by atoms with Crippen molar-refractivity contribution in [2.75, 3.05) is 13.1 Å². The van der Waals surface area contributed by atoms with Crippen LogP contribution in [0.2, 0.25) is 0 Å². The van der Waals surface area contributed by atoms with Crippen LogP contribution in [-0.4, -0.2) is 194 Å². The van der Waals surface area contributed by atoms with Gasteiger partial charge in [-0.1, -0.05) is 104 Å². The molecule has 1 aliphatic heterocycles. The summed E-state index contributed by atoms with van der Waals surface area (Å²) in [5.74, 6) is -14.9. The third kappa shape index (κ3) is 33.3. The first kappa shape index (κ1) is 78.9. The molecule has 0 radical (unpaired) electrons. The number of unbranched alkanes of at least 4 members (excludes halogenated alkanes) is 11. The van der Waals surface area contributed by atoms with Gasteiger partial charge in [0.15, 0.2) is 0 Å². The molecule has 0 aromatic rings. The summed E-state index contributed by atoms with van der Waals surface area (Å²) in [6.45, 7) is 6.23. The van der Waals surface area contributed by atoms with Crippen LogP contribution in [0.25, 0.3) is 0 Å². The summed E-state index contributed by atoms with van der Waals surface area (Å²) in [4.78, 5) is 174. The van der Waals surface area contributed by atoms with Crippen LogP contribution < -0.4 is 70.4 Å². The topological polar surface area (TPSA) is 521 Å². The van der Waals surface area contributed by atoms with E-state index >= 15 is 0 Å². The van der Waals surface area contributed by atoms with Gasteiger partial charge in [-0.2, -0.15) is 0 Å². The van der Waals surface area contributed by atoms with Crippen molar-refractivity contribution in [1.82, 2.24) is 53.2 Å². The van der Waals surface area contributed by atoms with Crippen LogP contribution >= 0.6 is 0 Å². The van der Waals surface area contributed by atoms with Crippen molar-refractivity contribution in [3.8, 4) is 0 Å². The molecule has 31 heteroatoms. The predicted molar refractivity (Wildman–Crippen MR) is 318 cm³/mol. The molecule has 1 heterocycles. The van der Waals surface area contributed by atoms with Crippen molar-refractivity contribution in [3.05, 3.63) is 0 Å². The Balaban J connectivity index is 3.81. The Hall–Kier alpha value is -7.09. The molecule has 0 spiro atoms. The highest BCUT2D eigenvalue weighted by atomic mass is 16.3. The molecule has 88 heavy (non-hydrogen) atoms. The van der Waals surface area contributed by atoms with Gasteiger partial charge >= 0.3 is 0 Å². The van der Waals surface area contributed by atoms with E-state index in [1.165, 1.54) is 0 Å². The highest BCUT2D eigenvalue weighted by Crippen LogP contribution is 2.16. The first-order chi connectivity index (χ1) is 41.5. The van der Waals surface area contributed by atoms with Crippen LogP contribution in [0.3, 0.4) is 0 Å². The first-order valence-corrected chi connectivity index (χ1v) is 30.7. The molecule has 21 N–H and O–H groups in total. The first-order valence-electron chi connectivity index (χ1n) is 30.7. The largest absolute Gasteiger partial charge is 0.393 e. The van der Waals surface area contributed by atoms with Gasteiger partial charge in [0, 0.05) is 19.4 Å². The number of aliphatic hydroxyl groups excluding tert-OH is 5. The molecule has 0 aromatic carbocycles. The zero-order chi connectivity index (χ0) is 66.5. The number of nitrogens with two attached hydrogens (primary N) is 3. The maximum atomic E-state index is 14.0. The average Bonchev–Trinajstić information content (AvgIpc) is 3.59. The summed E-state index contributed by atoms with van der Waals surface area (Å²) in [6, 6.07) is -14.4. The summed E-state index contributed by atoms with van der Waals surface area (Å²) in [5.41, 5.74) is 16.1. The highest BCUT2D eigenvalue weighted by molar-refractivity contribution is 6.00. The van der Waals surface area contributed by atoms with Gasteiger partial charge in [0.25, 0.3) is 0 Å². The van der Waals surface area contributed by atoms with Gasteiger partial charge in [0.2, 0.25) is 76.8 Å². The molecule has 1 fully saturated rings. The molecular formula is C57H101N13O18. The number of nitrogens with one attached hydrogen (secondary N) is 10. The predicted octanol–water partition coefficient (Wildman–Crippen LogP) is -4.17. The summed E-state index contributed by atoms with van der Waals surface area (Å²) < 4.78 is 0.